The minimum Gasteiger partial charge on any atom is -0.387 e. The number of anilines is 1. The Morgan fingerprint density at radius 2 is 2.12 bits per heavy atom. The molecule has 3 N–H and O–H groups in total. The van der Waals surface area contributed by atoms with Crippen LogP contribution in [0.2, 0.25) is 0 Å². The van der Waals surface area contributed by atoms with Gasteiger partial charge in [-0.3, -0.25) is 4.79 Å². The molecule has 0 heterocycles. The highest BCUT2D eigenvalue weighted by atomic mass is 16.3. The van der Waals surface area contributed by atoms with E-state index in [9.17, 15) is 9.59 Å². The van der Waals surface area contributed by atoms with E-state index < -0.39 is 18.5 Å². The first kappa shape index (κ1) is 12.2. The fourth-order valence-corrected chi connectivity index (χ4v) is 1.38. The molecule has 0 bridgehead atoms. The van der Waals surface area contributed by atoms with Crippen LogP contribution in [0.15, 0.2) is 24.3 Å². The van der Waals surface area contributed by atoms with Gasteiger partial charge in [-0.25, -0.2) is 9.69 Å². The van der Waals surface area contributed by atoms with Gasteiger partial charge >= 0.3 is 6.03 Å². The lowest BCUT2D eigenvalue weighted by molar-refractivity contribution is -0.120. The third-order valence-electron chi connectivity index (χ3n) is 2.18. The van der Waals surface area contributed by atoms with Crippen LogP contribution in [0.25, 0.3) is 0 Å². The number of primary amides is 1. The third-order valence-corrected chi connectivity index (χ3v) is 2.18. The van der Waals surface area contributed by atoms with Crippen molar-refractivity contribution < 1.29 is 14.7 Å². The Balaban J connectivity index is 3.10. The van der Waals surface area contributed by atoms with E-state index >= 15 is 0 Å². The van der Waals surface area contributed by atoms with Crippen LogP contribution in [-0.4, -0.2) is 23.7 Å². The standard InChI is InChI=1S/C11H14N2O3/c1-2-8-4-3-5-9(6-8)13(11(12)16)10(15)7-14/h3-6,14H,2,7H2,1H3,(H2,12,16). The van der Waals surface area contributed by atoms with Gasteiger partial charge in [-0.1, -0.05) is 19.1 Å². The molecule has 0 unspecified atom stereocenters. The van der Waals surface area contributed by atoms with Gasteiger partial charge in [0.15, 0.2) is 0 Å². The first-order chi connectivity index (χ1) is 7.60. The first-order valence-corrected chi connectivity index (χ1v) is 4.92. The van der Waals surface area contributed by atoms with Crippen molar-refractivity contribution in [3.63, 3.8) is 0 Å². The summed E-state index contributed by atoms with van der Waals surface area (Å²) in [6.07, 6.45) is 0.785. The van der Waals surface area contributed by atoms with Crippen LogP contribution in [0.4, 0.5) is 10.5 Å². The molecule has 0 saturated carbocycles. The highest BCUT2D eigenvalue weighted by molar-refractivity contribution is 6.14. The number of rotatable bonds is 3. The maximum atomic E-state index is 11.3. The topological polar surface area (TPSA) is 83.6 Å². The number of hydrogen-bond acceptors (Lipinski definition) is 3. The summed E-state index contributed by atoms with van der Waals surface area (Å²) in [5.41, 5.74) is 6.45. The average molecular weight is 222 g/mol. The zero-order valence-corrected chi connectivity index (χ0v) is 9.01. The van der Waals surface area contributed by atoms with E-state index in [0.29, 0.717) is 5.69 Å². The molecule has 3 amide bonds. The van der Waals surface area contributed by atoms with Crippen molar-refractivity contribution in [2.75, 3.05) is 11.5 Å². The molecule has 0 aliphatic heterocycles. The van der Waals surface area contributed by atoms with Crippen molar-refractivity contribution in [2.45, 2.75) is 13.3 Å². The van der Waals surface area contributed by atoms with Gasteiger partial charge < -0.3 is 10.8 Å². The molecule has 1 aromatic carbocycles. The molecule has 0 spiro atoms. The Kier molecular flexibility index (Phi) is 4.02. The smallest absolute Gasteiger partial charge is 0.326 e. The molecule has 1 rings (SSSR count). The van der Waals surface area contributed by atoms with Gasteiger partial charge in [0.25, 0.3) is 5.91 Å². The number of imide groups is 1. The van der Waals surface area contributed by atoms with E-state index in [2.05, 4.69) is 0 Å². The minimum absolute atomic E-state index is 0.380. The van der Waals surface area contributed by atoms with Crippen LogP contribution in [0.3, 0.4) is 0 Å². The fraction of sp³-hybridized carbons (Fsp3) is 0.273. The SMILES string of the molecule is CCc1cccc(N(C(N)=O)C(=O)CO)c1. The number of aliphatic hydroxyl groups is 1. The largest absolute Gasteiger partial charge is 0.387 e. The quantitative estimate of drug-likeness (QED) is 0.787. The third kappa shape index (κ3) is 2.58. The van der Waals surface area contributed by atoms with Crippen LogP contribution >= 0.6 is 0 Å². The summed E-state index contributed by atoms with van der Waals surface area (Å²) in [6.45, 7) is 1.21. The highest BCUT2D eigenvalue weighted by Gasteiger charge is 2.19. The van der Waals surface area contributed by atoms with E-state index in [0.717, 1.165) is 16.9 Å². The predicted molar refractivity (Wildman–Crippen MR) is 60.0 cm³/mol. The van der Waals surface area contributed by atoms with Gasteiger partial charge in [0.1, 0.15) is 6.61 Å². The molecule has 0 aromatic heterocycles. The lowest BCUT2D eigenvalue weighted by Crippen LogP contribution is -2.42. The van der Waals surface area contributed by atoms with Crippen molar-refractivity contribution in [3.8, 4) is 0 Å². The van der Waals surface area contributed by atoms with Gasteiger partial charge in [0.05, 0.1) is 5.69 Å². The number of nitrogens with two attached hydrogens (primary N) is 1. The Morgan fingerprint density at radius 3 is 2.62 bits per heavy atom. The summed E-state index contributed by atoms with van der Waals surface area (Å²) in [6, 6.07) is 6.00. The molecular weight excluding hydrogens is 208 g/mol. The summed E-state index contributed by atoms with van der Waals surface area (Å²) in [7, 11) is 0. The van der Waals surface area contributed by atoms with Gasteiger partial charge in [0.2, 0.25) is 0 Å². The summed E-state index contributed by atoms with van der Waals surface area (Å²) < 4.78 is 0. The second-order valence-corrected chi connectivity index (χ2v) is 3.25. The summed E-state index contributed by atoms with van der Waals surface area (Å²) in [5.74, 6) is -0.735. The molecule has 5 heteroatoms. The Bertz CT molecular complexity index is 404. The highest BCUT2D eigenvalue weighted by Crippen LogP contribution is 2.16. The molecule has 1 aromatic rings. The predicted octanol–water partition coefficient (Wildman–Crippen LogP) is 0.653. The lowest BCUT2D eigenvalue weighted by atomic mass is 10.1. The zero-order chi connectivity index (χ0) is 12.1. The fourth-order valence-electron chi connectivity index (χ4n) is 1.38. The second-order valence-electron chi connectivity index (χ2n) is 3.25. The molecule has 0 aliphatic carbocycles. The Hall–Kier alpha value is -1.88. The number of amides is 3. The number of hydrogen-bond donors (Lipinski definition) is 2. The zero-order valence-electron chi connectivity index (χ0n) is 9.01. The van der Waals surface area contributed by atoms with E-state index in [4.69, 9.17) is 10.8 Å². The van der Waals surface area contributed by atoms with Gasteiger partial charge in [-0.05, 0) is 24.1 Å². The second kappa shape index (κ2) is 5.27. The maximum absolute atomic E-state index is 11.3. The molecular formula is C11H14N2O3. The van der Waals surface area contributed by atoms with Crippen LogP contribution in [0, 0.1) is 0 Å². The Labute approximate surface area is 93.5 Å². The molecule has 5 nitrogen and oxygen atoms in total. The number of urea groups is 1. The average Bonchev–Trinajstić information content (AvgIpc) is 2.29. The van der Waals surface area contributed by atoms with Crippen LogP contribution in [-0.2, 0) is 11.2 Å². The van der Waals surface area contributed by atoms with Crippen molar-refractivity contribution in [3.05, 3.63) is 29.8 Å². The van der Waals surface area contributed by atoms with Gasteiger partial charge in [0, 0.05) is 0 Å². The summed E-state index contributed by atoms with van der Waals surface area (Å²) in [5, 5.41) is 8.74. The molecule has 0 atom stereocenters. The molecule has 0 aliphatic rings. The monoisotopic (exact) mass is 222 g/mol. The molecule has 86 valence electrons. The first-order valence-electron chi connectivity index (χ1n) is 4.92. The Morgan fingerprint density at radius 1 is 1.44 bits per heavy atom. The van der Waals surface area contributed by atoms with Crippen molar-refractivity contribution in [1.82, 2.24) is 0 Å². The number of nitrogens with zero attached hydrogens (tertiary/aromatic N) is 1. The number of aliphatic hydroxyl groups excluding tert-OH is 1. The van der Waals surface area contributed by atoms with Crippen LogP contribution in [0.5, 0.6) is 0 Å². The van der Waals surface area contributed by atoms with Crippen molar-refractivity contribution >= 4 is 17.6 Å². The van der Waals surface area contributed by atoms with E-state index in [1.807, 2.05) is 13.0 Å². The summed E-state index contributed by atoms with van der Waals surface area (Å²) >= 11 is 0. The van der Waals surface area contributed by atoms with Crippen molar-refractivity contribution in [1.29, 1.82) is 0 Å². The van der Waals surface area contributed by atoms with Gasteiger partial charge in [-0.15, -0.1) is 0 Å². The van der Waals surface area contributed by atoms with Gasteiger partial charge in [-0.2, -0.15) is 0 Å². The summed E-state index contributed by atoms with van der Waals surface area (Å²) in [4.78, 5) is 23.2. The van der Waals surface area contributed by atoms with E-state index in [-0.39, 0.29) is 0 Å². The van der Waals surface area contributed by atoms with Crippen LogP contribution < -0.4 is 10.6 Å². The number of carbonyl (C=O) groups excluding carboxylic acids is 2. The number of aryl methyl sites for hydroxylation is 1. The number of benzene rings is 1. The lowest BCUT2D eigenvalue weighted by Gasteiger charge is -2.17. The minimum atomic E-state index is -0.896. The normalized spacial score (nSPS) is 9.88. The van der Waals surface area contributed by atoms with Crippen molar-refractivity contribution in [2.24, 2.45) is 5.73 Å². The van der Waals surface area contributed by atoms with Crippen LogP contribution in [0.1, 0.15) is 12.5 Å². The maximum Gasteiger partial charge on any atom is 0.326 e. The molecule has 16 heavy (non-hydrogen) atoms. The molecule has 0 fully saturated rings. The molecule has 0 radical (unpaired) electrons. The van der Waals surface area contributed by atoms with E-state index in [1.54, 1.807) is 18.2 Å². The molecule has 0 saturated heterocycles. The van der Waals surface area contributed by atoms with E-state index in [1.165, 1.54) is 0 Å². The number of carbonyl (C=O) groups is 2.